The minimum atomic E-state index is -0.998. The first-order valence-corrected chi connectivity index (χ1v) is 7.52. The van der Waals surface area contributed by atoms with Gasteiger partial charge in [-0.05, 0) is 36.8 Å². The smallest absolute Gasteiger partial charge is 0.305 e. The first kappa shape index (κ1) is 15.9. The van der Waals surface area contributed by atoms with Gasteiger partial charge in [-0.1, -0.05) is 23.8 Å². The molecule has 0 radical (unpaired) electrons. The molecule has 2 aromatic rings. The summed E-state index contributed by atoms with van der Waals surface area (Å²) in [5.41, 5.74) is 2.18. The fraction of sp³-hybridized carbons (Fsp3) is 0.222. The third-order valence-corrected chi connectivity index (χ3v) is 3.80. The molecule has 1 amide bonds. The summed E-state index contributed by atoms with van der Waals surface area (Å²) < 4.78 is 10.6. The Hall–Kier alpha value is -3.02. The topological polar surface area (TPSA) is 84.9 Å². The number of carbonyl (C=O) groups excluding carboxylic acids is 1. The van der Waals surface area contributed by atoms with Gasteiger partial charge in [-0.15, -0.1) is 0 Å². The van der Waals surface area contributed by atoms with E-state index >= 15 is 0 Å². The number of ether oxygens (including phenoxy) is 2. The summed E-state index contributed by atoms with van der Waals surface area (Å²) in [6, 6.07) is 11.6. The fourth-order valence-electron chi connectivity index (χ4n) is 2.50. The van der Waals surface area contributed by atoms with Crippen molar-refractivity contribution in [2.24, 2.45) is 0 Å². The summed E-state index contributed by atoms with van der Waals surface area (Å²) >= 11 is 0. The Morgan fingerprint density at radius 3 is 2.54 bits per heavy atom. The highest BCUT2D eigenvalue weighted by Gasteiger charge is 2.22. The molecule has 2 N–H and O–H groups in total. The number of benzene rings is 2. The van der Waals surface area contributed by atoms with Crippen LogP contribution in [-0.2, 0) is 4.79 Å². The molecule has 1 atom stereocenters. The van der Waals surface area contributed by atoms with Crippen LogP contribution >= 0.6 is 0 Å². The molecule has 6 heteroatoms. The Morgan fingerprint density at radius 1 is 1.12 bits per heavy atom. The normalized spacial score (nSPS) is 13.4. The molecule has 1 aliphatic heterocycles. The molecule has 0 aliphatic carbocycles. The second kappa shape index (κ2) is 6.62. The molecule has 1 aliphatic rings. The Labute approximate surface area is 139 Å². The van der Waals surface area contributed by atoms with E-state index in [4.69, 9.17) is 14.6 Å². The number of hydrogen-bond acceptors (Lipinski definition) is 4. The minimum absolute atomic E-state index is 0.137. The van der Waals surface area contributed by atoms with E-state index in [1.807, 2.05) is 19.1 Å². The van der Waals surface area contributed by atoms with E-state index in [1.165, 1.54) is 0 Å². The summed E-state index contributed by atoms with van der Waals surface area (Å²) in [7, 11) is 0. The van der Waals surface area contributed by atoms with Crippen LogP contribution in [0.5, 0.6) is 11.5 Å². The van der Waals surface area contributed by atoms with Gasteiger partial charge in [0.1, 0.15) is 0 Å². The Bertz CT molecular complexity index is 769. The predicted octanol–water partition coefficient (Wildman–Crippen LogP) is 2.67. The average molecular weight is 327 g/mol. The third-order valence-electron chi connectivity index (χ3n) is 3.80. The zero-order chi connectivity index (χ0) is 17.1. The highest BCUT2D eigenvalue weighted by atomic mass is 16.7. The van der Waals surface area contributed by atoms with Gasteiger partial charge in [-0.25, -0.2) is 0 Å². The zero-order valence-corrected chi connectivity index (χ0v) is 13.1. The predicted molar refractivity (Wildman–Crippen MR) is 86.2 cm³/mol. The van der Waals surface area contributed by atoms with E-state index in [0.29, 0.717) is 22.6 Å². The molecule has 0 spiro atoms. The second-order valence-corrected chi connectivity index (χ2v) is 5.60. The van der Waals surface area contributed by atoms with Crippen LogP contribution in [-0.4, -0.2) is 23.8 Å². The fourth-order valence-corrected chi connectivity index (χ4v) is 2.50. The van der Waals surface area contributed by atoms with Crippen LogP contribution in [0.1, 0.15) is 33.9 Å². The minimum Gasteiger partial charge on any atom is -0.481 e. The monoisotopic (exact) mass is 327 g/mol. The van der Waals surface area contributed by atoms with Crippen molar-refractivity contribution in [1.82, 2.24) is 5.32 Å². The van der Waals surface area contributed by atoms with Gasteiger partial charge in [0.05, 0.1) is 12.5 Å². The highest BCUT2D eigenvalue weighted by molar-refractivity contribution is 5.94. The number of rotatable bonds is 5. The molecular weight excluding hydrogens is 310 g/mol. The van der Waals surface area contributed by atoms with Gasteiger partial charge in [0.2, 0.25) is 6.79 Å². The first-order valence-electron chi connectivity index (χ1n) is 7.52. The molecule has 0 saturated carbocycles. The summed E-state index contributed by atoms with van der Waals surface area (Å²) in [6.45, 7) is 2.07. The molecule has 0 bridgehead atoms. The van der Waals surface area contributed by atoms with Crippen molar-refractivity contribution in [3.8, 4) is 11.5 Å². The van der Waals surface area contributed by atoms with Crippen molar-refractivity contribution in [2.45, 2.75) is 19.4 Å². The second-order valence-electron chi connectivity index (χ2n) is 5.60. The van der Waals surface area contributed by atoms with Crippen LogP contribution in [0.25, 0.3) is 0 Å². The first-order chi connectivity index (χ1) is 11.5. The number of amides is 1. The summed E-state index contributed by atoms with van der Waals surface area (Å²) in [5.74, 6) is -0.161. The average Bonchev–Trinajstić information content (AvgIpc) is 3.02. The number of fused-ring (bicyclic) bond motifs is 1. The highest BCUT2D eigenvalue weighted by Crippen LogP contribution is 2.34. The molecule has 6 nitrogen and oxygen atoms in total. The van der Waals surface area contributed by atoms with Crippen LogP contribution < -0.4 is 14.8 Å². The van der Waals surface area contributed by atoms with E-state index in [2.05, 4.69) is 5.32 Å². The van der Waals surface area contributed by atoms with E-state index < -0.39 is 12.0 Å². The quantitative estimate of drug-likeness (QED) is 0.882. The van der Waals surface area contributed by atoms with E-state index in [1.54, 1.807) is 30.3 Å². The maximum atomic E-state index is 12.4. The van der Waals surface area contributed by atoms with E-state index in [9.17, 15) is 9.59 Å². The van der Waals surface area contributed by atoms with E-state index in [0.717, 1.165) is 5.56 Å². The van der Waals surface area contributed by atoms with Gasteiger partial charge in [0, 0.05) is 5.56 Å². The van der Waals surface area contributed by atoms with Gasteiger partial charge in [0.15, 0.2) is 11.5 Å². The van der Waals surface area contributed by atoms with Crippen LogP contribution in [0.15, 0.2) is 42.5 Å². The zero-order valence-electron chi connectivity index (χ0n) is 13.1. The lowest BCUT2D eigenvalue weighted by atomic mass is 10.0. The molecule has 1 unspecified atom stereocenters. The maximum absolute atomic E-state index is 12.4. The van der Waals surface area contributed by atoms with Gasteiger partial charge in [0.25, 0.3) is 5.91 Å². The van der Waals surface area contributed by atoms with Crippen molar-refractivity contribution < 1.29 is 24.2 Å². The molecular formula is C18H17NO5. The van der Waals surface area contributed by atoms with Crippen molar-refractivity contribution in [3.05, 3.63) is 59.2 Å². The van der Waals surface area contributed by atoms with Crippen LogP contribution in [0.3, 0.4) is 0 Å². The molecule has 0 fully saturated rings. The Balaban J connectivity index is 1.82. The number of carboxylic acid groups (broad SMARTS) is 1. The maximum Gasteiger partial charge on any atom is 0.305 e. The summed E-state index contributed by atoms with van der Waals surface area (Å²) in [6.07, 6.45) is -0.225. The van der Waals surface area contributed by atoms with Crippen LogP contribution in [0.4, 0.5) is 0 Å². The Kier molecular flexibility index (Phi) is 4.37. The van der Waals surface area contributed by atoms with Crippen LogP contribution in [0.2, 0.25) is 0 Å². The third kappa shape index (κ3) is 3.48. The number of nitrogens with one attached hydrogen (secondary N) is 1. The lowest BCUT2D eigenvalue weighted by Crippen LogP contribution is -2.30. The molecule has 24 heavy (non-hydrogen) atoms. The van der Waals surface area contributed by atoms with Gasteiger partial charge < -0.3 is 19.9 Å². The lowest BCUT2D eigenvalue weighted by Gasteiger charge is -2.18. The van der Waals surface area contributed by atoms with Crippen molar-refractivity contribution >= 4 is 11.9 Å². The number of carboxylic acids is 1. The summed E-state index contributed by atoms with van der Waals surface area (Å²) in [4.78, 5) is 23.6. The van der Waals surface area contributed by atoms with E-state index in [-0.39, 0.29) is 19.1 Å². The molecule has 0 aromatic heterocycles. The molecule has 124 valence electrons. The molecule has 1 heterocycles. The lowest BCUT2D eigenvalue weighted by molar-refractivity contribution is -0.137. The molecule has 3 rings (SSSR count). The van der Waals surface area contributed by atoms with Gasteiger partial charge in [-0.2, -0.15) is 0 Å². The number of aryl methyl sites for hydroxylation is 1. The number of aliphatic carboxylic acids is 1. The molecule has 2 aromatic carbocycles. The van der Waals surface area contributed by atoms with Gasteiger partial charge >= 0.3 is 5.97 Å². The number of hydrogen-bond donors (Lipinski definition) is 2. The standard InChI is InChI=1S/C18H17NO5/c1-11-2-4-12(5-3-11)18(22)19-14(9-17(20)21)13-6-7-15-16(8-13)24-10-23-15/h2-8,14H,9-10H2,1H3,(H,19,22)(H,20,21). The SMILES string of the molecule is Cc1ccc(C(=O)NC(CC(=O)O)c2ccc3c(c2)OCO3)cc1. The van der Waals surface area contributed by atoms with Crippen molar-refractivity contribution in [2.75, 3.05) is 6.79 Å². The number of carbonyl (C=O) groups is 2. The van der Waals surface area contributed by atoms with Crippen molar-refractivity contribution in [3.63, 3.8) is 0 Å². The van der Waals surface area contributed by atoms with Crippen molar-refractivity contribution in [1.29, 1.82) is 0 Å². The molecule has 0 saturated heterocycles. The Morgan fingerprint density at radius 2 is 1.83 bits per heavy atom. The summed E-state index contributed by atoms with van der Waals surface area (Å²) in [5, 5.41) is 11.9. The largest absolute Gasteiger partial charge is 0.481 e. The van der Waals surface area contributed by atoms with Gasteiger partial charge in [-0.3, -0.25) is 9.59 Å². The van der Waals surface area contributed by atoms with Crippen LogP contribution in [0, 0.1) is 6.92 Å².